The van der Waals surface area contributed by atoms with Crippen molar-refractivity contribution in [2.45, 2.75) is 18.9 Å². The van der Waals surface area contributed by atoms with E-state index in [2.05, 4.69) is 36.5 Å². The van der Waals surface area contributed by atoms with Crippen LogP contribution >= 0.6 is 15.9 Å². The Kier molecular flexibility index (Phi) is 5.84. The Morgan fingerprint density at radius 3 is 2.93 bits per heavy atom. The van der Waals surface area contributed by atoms with E-state index in [-0.39, 0.29) is 11.7 Å². The number of carbonyl (C=O) groups excluding carboxylic acids is 1. The van der Waals surface area contributed by atoms with E-state index in [1.54, 1.807) is 12.3 Å². The molecule has 0 bridgehead atoms. The zero-order valence-corrected chi connectivity index (χ0v) is 15.7. The minimum atomic E-state index is -1.07. The molecule has 1 atom stereocenters. The molecule has 3 heterocycles. The smallest absolute Gasteiger partial charge is 0.404 e. The zero-order valence-electron chi connectivity index (χ0n) is 14.2. The molecule has 2 amide bonds. The quantitative estimate of drug-likeness (QED) is 0.634. The van der Waals surface area contributed by atoms with E-state index in [4.69, 9.17) is 5.11 Å². The summed E-state index contributed by atoms with van der Waals surface area (Å²) in [5, 5.41) is 14.1. The van der Waals surface area contributed by atoms with E-state index in [1.807, 2.05) is 4.90 Å². The lowest BCUT2D eigenvalue weighted by Crippen LogP contribution is -2.47. The predicted octanol–water partition coefficient (Wildman–Crippen LogP) is 2.87. The number of nitrogens with zero attached hydrogens (tertiary/aromatic N) is 3. The van der Waals surface area contributed by atoms with Gasteiger partial charge in [-0.2, -0.15) is 0 Å². The van der Waals surface area contributed by atoms with Gasteiger partial charge in [0.15, 0.2) is 11.5 Å². The van der Waals surface area contributed by atoms with Crippen LogP contribution < -0.4 is 15.5 Å². The lowest BCUT2D eigenvalue weighted by Gasteiger charge is -2.35. The van der Waals surface area contributed by atoms with E-state index in [0.717, 1.165) is 18.9 Å². The number of pyridine rings is 2. The van der Waals surface area contributed by atoms with Crippen LogP contribution in [0.2, 0.25) is 0 Å². The summed E-state index contributed by atoms with van der Waals surface area (Å²) in [5.74, 6) is -1.43. The van der Waals surface area contributed by atoms with Crippen molar-refractivity contribution in [3.8, 4) is 0 Å². The SMILES string of the molecule is O=C(O)N[C@H]1CCCN(c2ccncc2NC(=O)c2nc(Br)ccc2F)C1. The molecule has 3 rings (SSSR count). The highest BCUT2D eigenvalue weighted by Gasteiger charge is 2.24. The lowest BCUT2D eigenvalue weighted by atomic mass is 10.0. The van der Waals surface area contributed by atoms with Gasteiger partial charge in [-0.3, -0.25) is 9.78 Å². The normalized spacial score (nSPS) is 16.7. The first kappa shape index (κ1) is 19.0. The van der Waals surface area contributed by atoms with Crippen molar-refractivity contribution in [1.29, 1.82) is 0 Å². The number of piperidine rings is 1. The first-order valence-electron chi connectivity index (χ1n) is 8.26. The van der Waals surface area contributed by atoms with Crippen molar-refractivity contribution in [2.24, 2.45) is 0 Å². The topological polar surface area (TPSA) is 107 Å². The number of carboxylic acid groups (broad SMARTS) is 1. The van der Waals surface area contributed by atoms with Crippen LogP contribution in [0.4, 0.5) is 20.6 Å². The Hall–Kier alpha value is -2.75. The Labute approximate surface area is 162 Å². The number of anilines is 2. The first-order valence-corrected chi connectivity index (χ1v) is 9.05. The van der Waals surface area contributed by atoms with Gasteiger partial charge in [-0.25, -0.2) is 14.2 Å². The number of hydrogen-bond donors (Lipinski definition) is 3. The van der Waals surface area contributed by atoms with Crippen molar-refractivity contribution >= 4 is 39.3 Å². The molecule has 0 aliphatic carbocycles. The van der Waals surface area contributed by atoms with Crippen molar-refractivity contribution in [3.63, 3.8) is 0 Å². The molecule has 0 saturated carbocycles. The van der Waals surface area contributed by atoms with Crippen molar-refractivity contribution in [3.05, 3.63) is 46.7 Å². The van der Waals surface area contributed by atoms with E-state index in [0.29, 0.717) is 29.1 Å². The molecule has 1 saturated heterocycles. The van der Waals surface area contributed by atoms with Crippen LogP contribution in [-0.4, -0.2) is 46.2 Å². The van der Waals surface area contributed by atoms with Crippen molar-refractivity contribution < 1.29 is 19.1 Å². The van der Waals surface area contributed by atoms with Crippen LogP contribution in [0, 0.1) is 5.82 Å². The Balaban J connectivity index is 1.80. The number of rotatable bonds is 4. The summed E-state index contributed by atoms with van der Waals surface area (Å²) >= 11 is 3.12. The Bertz CT molecular complexity index is 866. The number of nitrogens with one attached hydrogen (secondary N) is 2. The summed E-state index contributed by atoms with van der Waals surface area (Å²) in [4.78, 5) is 33.2. The third-order valence-corrected chi connectivity index (χ3v) is 4.60. The average molecular weight is 438 g/mol. The highest BCUT2D eigenvalue weighted by Crippen LogP contribution is 2.28. The highest BCUT2D eigenvalue weighted by atomic mass is 79.9. The second kappa shape index (κ2) is 8.30. The standard InChI is InChI=1S/C17H17BrFN5O3/c18-14-4-3-11(19)15(23-14)16(25)22-12-8-20-6-5-13(12)24-7-1-2-10(9-24)21-17(26)27/h3-6,8,10,21H,1-2,7,9H2,(H,22,25)(H,26,27)/t10-/m0/s1. The molecule has 0 spiro atoms. The predicted molar refractivity (Wildman–Crippen MR) is 100 cm³/mol. The van der Waals surface area contributed by atoms with E-state index in [9.17, 15) is 14.0 Å². The first-order chi connectivity index (χ1) is 12.9. The van der Waals surface area contributed by atoms with Crippen molar-refractivity contribution in [1.82, 2.24) is 15.3 Å². The Morgan fingerprint density at radius 2 is 2.15 bits per heavy atom. The zero-order chi connectivity index (χ0) is 19.4. The molecule has 1 aliphatic heterocycles. The van der Waals surface area contributed by atoms with Gasteiger partial charge in [-0.15, -0.1) is 0 Å². The molecule has 3 N–H and O–H groups in total. The second-order valence-electron chi connectivity index (χ2n) is 6.05. The molecule has 142 valence electrons. The molecule has 27 heavy (non-hydrogen) atoms. The van der Waals surface area contributed by atoms with E-state index >= 15 is 0 Å². The summed E-state index contributed by atoms with van der Waals surface area (Å²) in [6.45, 7) is 1.16. The number of halogens is 2. The van der Waals surface area contributed by atoms with Gasteiger partial charge < -0.3 is 20.6 Å². The van der Waals surface area contributed by atoms with Crippen LogP contribution in [-0.2, 0) is 0 Å². The number of aromatic nitrogens is 2. The van der Waals surface area contributed by atoms with E-state index < -0.39 is 17.8 Å². The van der Waals surface area contributed by atoms with Gasteiger partial charge >= 0.3 is 6.09 Å². The highest BCUT2D eigenvalue weighted by molar-refractivity contribution is 9.10. The summed E-state index contributed by atoms with van der Waals surface area (Å²) < 4.78 is 14.3. The molecule has 0 aromatic carbocycles. The fourth-order valence-electron chi connectivity index (χ4n) is 3.01. The van der Waals surface area contributed by atoms with Crippen LogP contribution in [0.1, 0.15) is 23.3 Å². The fourth-order valence-corrected chi connectivity index (χ4v) is 3.32. The maximum atomic E-state index is 13.9. The molecule has 2 aromatic rings. The third-order valence-electron chi connectivity index (χ3n) is 4.16. The van der Waals surface area contributed by atoms with Crippen LogP contribution in [0.15, 0.2) is 35.2 Å². The van der Waals surface area contributed by atoms with Gasteiger partial charge in [0, 0.05) is 25.3 Å². The molecule has 2 aromatic heterocycles. The summed E-state index contributed by atoms with van der Waals surface area (Å²) in [6, 6.07) is 4.08. The molecule has 8 nitrogen and oxygen atoms in total. The summed E-state index contributed by atoms with van der Waals surface area (Å²) in [5.41, 5.74) is 0.758. The molecular formula is C17H17BrFN5O3. The fraction of sp³-hybridized carbons (Fsp3) is 0.294. The van der Waals surface area contributed by atoms with Crippen LogP contribution in [0.5, 0.6) is 0 Å². The van der Waals surface area contributed by atoms with Gasteiger partial charge in [0.05, 0.1) is 17.6 Å². The summed E-state index contributed by atoms with van der Waals surface area (Å²) in [7, 11) is 0. The summed E-state index contributed by atoms with van der Waals surface area (Å²) in [6.07, 6.45) is 3.51. The lowest BCUT2D eigenvalue weighted by molar-refractivity contribution is 0.101. The monoisotopic (exact) mass is 437 g/mol. The largest absolute Gasteiger partial charge is 0.465 e. The van der Waals surface area contributed by atoms with Gasteiger partial charge in [0.25, 0.3) is 5.91 Å². The average Bonchev–Trinajstić information content (AvgIpc) is 2.64. The number of hydrogen-bond acceptors (Lipinski definition) is 5. The maximum absolute atomic E-state index is 13.9. The maximum Gasteiger partial charge on any atom is 0.404 e. The second-order valence-corrected chi connectivity index (χ2v) is 6.86. The minimum Gasteiger partial charge on any atom is -0.465 e. The van der Waals surface area contributed by atoms with Crippen LogP contribution in [0.25, 0.3) is 0 Å². The molecule has 0 radical (unpaired) electrons. The molecule has 10 heteroatoms. The van der Waals surface area contributed by atoms with Gasteiger partial charge in [0.2, 0.25) is 0 Å². The van der Waals surface area contributed by atoms with Gasteiger partial charge in [-0.05, 0) is 47.0 Å². The number of amides is 2. The van der Waals surface area contributed by atoms with Crippen LogP contribution in [0.3, 0.4) is 0 Å². The third kappa shape index (κ3) is 4.70. The van der Waals surface area contributed by atoms with Gasteiger partial charge in [-0.1, -0.05) is 0 Å². The minimum absolute atomic E-state index is 0.211. The van der Waals surface area contributed by atoms with E-state index in [1.165, 1.54) is 12.3 Å². The molecule has 1 aliphatic rings. The number of carbonyl (C=O) groups is 2. The van der Waals surface area contributed by atoms with Gasteiger partial charge in [0.1, 0.15) is 4.60 Å². The van der Waals surface area contributed by atoms with Crippen molar-refractivity contribution in [2.75, 3.05) is 23.3 Å². The molecule has 1 fully saturated rings. The molecule has 0 unspecified atom stereocenters. The Morgan fingerprint density at radius 1 is 1.33 bits per heavy atom. The molecular weight excluding hydrogens is 421 g/mol.